The van der Waals surface area contributed by atoms with E-state index >= 15 is 0 Å². The van der Waals surface area contributed by atoms with Gasteiger partial charge in [0.1, 0.15) is 11.6 Å². The van der Waals surface area contributed by atoms with E-state index in [0.29, 0.717) is 21.8 Å². The molecule has 0 N–H and O–H groups in total. The van der Waals surface area contributed by atoms with Crippen LogP contribution in [-0.2, 0) is 17.5 Å². The van der Waals surface area contributed by atoms with Gasteiger partial charge < -0.3 is 9.64 Å². The van der Waals surface area contributed by atoms with Crippen molar-refractivity contribution in [3.05, 3.63) is 128 Å². The van der Waals surface area contributed by atoms with Crippen molar-refractivity contribution >= 4 is 51.6 Å². The number of carbonyl (C=O) groups is 3. The van der Waals surface area contributed by atoms with Gasteiger partial charge in [-0.05, 0) is 54.3 Å². The summed E-state index contributed by atoms with van der Waals surface area (Å²) in [5.74, 6) is -5.39. The third kappa shape index (κ3) is 7.45. The van der Waals surface area contributed by atoms with Crippen LogP contribution < -0.4 is 0 Å². The van der Waals surface area contributed by atoms with Crippen LogP contribution >= 0.6 is 23.2 Å². The highest BCUT2D eigenvalue weighted by atomic mass is 35.5. The zero-order chi connectivity index (χ0) is 36.5. The number of ketones is 1. The molecule has 0 atom stereocenters. The first-order valence-corrected chi connectivity index (χ1v) is 15.2. The zero-order valence-electron chi connectivity index (χ0n) is 25.5. The normalized spacial score (nSPS) is 11.7. The Bertz CT molecular complexity index is 2090. The molecule has 1 aromatic heterocycles. The highest BCUT2D eigenvalue weighted by Gasteiger charge is 2.42. The molecule has 0 spiro atoms. The number of esters is 1. The molecule has 0 aliphatic heterocycles. The number of amides is 1. The van der Waals surface area contributed by atoms with Crippen LogP contribution in [0.25, 0.3) is 16.5 Å². The summed E-state index contributed by atoms with van der Waals surface area (Å²) >= 11 is 12.2. The van der Waals surface area contributed by atoms with Gasteiger partial charge in [0.05, 0.1) is 51.8 Å². The van der Waals surface area contributed by atoms with Crippen LogP contribution in [0.5, 0.6) is 0 Å². The molecule has 5 aromatic rings. The second-order valence-electron chi connectivity index (χ2n) is 10.7. The highest BCUT2D eigenvalue weighted by molar-refractivity contribution is 6.40. The lowest BCUT2D eigenvalue weighted by atomic mass is 10.0. The molecule has 7 nitrogen and oxygen atoms in total. The average molecular weight is 740 g/mol. The summed E-state index contributed by atoms with van der Waals surface area (Å²) in [6.45, 7) is -0.216. The molecule has 0 aliphatic rings. The van der Waals surface area contributed by atoms with Crippen molar-refractivity contribution in [3.63, 3.8) is 0 Å². The van der Waals surface area contributed by atoms with Gasteiger partial charge in [0.25, 0.3) is 12.3 Å². The lowest BCUT2D eigenvalue weighted by Gasteiger charge is -2.24. The van der Waals surface area contributed by atoms with Crippen molar-refractivity contribution in [1.82, 2.24) is 14.7 Å². The number of carbonyl (C=O) groups excluding carboxylic acids is 3. The fourth-order valence-electron chi connectivity index (χ4n) is 5.35. The number of rotatable bonds is 10. The number of alkyl halides is 5. The quantitative estimate of drug-likeness (QED) is 0.0811. The van der Waals surface area contributed by atoms with E-state index in [1.54, 1.807) is 13.0 Å². The number of Topliss-reactive ketones (excluding diaryl/α,β-unsaturated/α-hetero) is 1. The molecule has 0 bridgehead atoms. The SMILES string of the molecule is CCOC(=O)c1ccc(-n2ncc(C(=O)N(CC(=O)c3c(Cl)cc(C(F)F)cc3Cl)Cc3cc(F)cc(F)c3)c2C(F)(F)F)c2ccccc12. The summed E-state index contributed by atoms with van der Waals surface area (Å²) in [7, 11) is 0. The maximum absolute atomic E-state index is 14.9. The molecule has 0 aliphatic carbocycles. The van der Waals surface area contributed by atoms with Gasteiger partial charge in [0, 0.05) is 23.6 Å². The van der Waals surface area contributed by atoms with Crippen molar-refractivity contribution in [3.8, 4) is 5.69 Å². The number of benzene rings is 4. The minimum absolute atomic E-state index is 0.0401. The molecule has 16 heteroatoms. The molecule has 1 heterocycles. The summed E-state index contributed by atoms with van der Waals surface area (Å²) in [5, 5.41) is 3.18. The highest BCUT2D eigenvalue weighted by Crippen LogP contribution is 2.37. The van der Waals surface area contributed by atoms with E-state index in [1.165, 1.54) is 30.3 Å². The van der Waals surface area contributed by atoms with Crippen LogP contribution in [0.1, 0.15) is 61.2 Å². The smallest absolute Gasteiger partial charge is 0.434 e. The van der Waals surface area contributed by atoms with Gasteiger partial charge in [-0.3, -0.25) is 9.59 Å². The van der Waals surface area contributed by atoms with E-state index in [0.717, 1.165) is 24.3 Å². The third-order valence-electron chi connectivity index (χ3n) is 7.41. The minimum atomic E-state index is -5.25. The number of hydrogen-bond acceptors (Lipinski definition) is 5. The Labute approximate surface area is 288 Å². The Hall–Kier alpha value is -4.95. The molecule has 0 radical (unpaired) electrons. The number of ether oxygens (including phenoxy) is 1. The first kappa shape index (κ1) is 36.3. The Morgan fingerprint density at radius 2 is 1.52 bits per heavy atom. The fourth-order valence-corrected chi connectivity index (χ4v) is 6.06. The molecule has 0 saturated carbocycles. The predicted octanol–water partition coefficient (Wildman–Crippen LogP) is 9.27. The number of fused-ring (bicyclic) bond motifs is 1. The van der Waals surface area contributed by atoms with Crippen LogP contribution in [0.4, 0.5) is 30.7 Å². The molecule has 0 saturated heterocycles. The lowest BCUT2D eigenvalue weighted by molar-refractivity contribution is -0.143. The van der Waals surface area contributed by atoms with Gasteiger partial charge in [-0.25, -0.2) is 27.0 Å². The molecular weight excluding hydrogens is 718 g/mol. The van der Waals surface area contributed by atoms with E-state index in [-0.39, 0.29) is 34.2 Å². The molecular formula is C34H22Cl2F7N3O4. The van der Waals surface area contributed by atoms with Crippen molar-refractivity contribution < 1.29 is 49.9 Å². The summed E-state index contributed by atoms with van der Waals surface area (Å²) in [6, 6.07) is 12.1. The fraction of sp³-hybridized carbons (Fsp3) is 0.176. The van der Waals surface area contributed by atoms with E-state index in [1.807, 2.05) is 0 Å². The number of hydrogen-bond donors (Lipinski definition) is 0. The van der Waals surface area contributed by atoms with Crippen molar-refractivity contribution in [2.75, 3.05) is 13.2 Å². The van der Waals surface area contributed by atoms with Gasteiger partial charge in [-0.15, -0.1) is 0 Å². The van der Waals surface area contributed by atoms with E-state index in [9.17, 15) is 45.1 Å². The lowest BCUT2D eigenvalue weighted by Crippen LogP contribution is -2.36. The second kappa shape index (κ2) is 14.5. The number of aromatic nitrogens is 2. The van der Waals surface area contributed by atoms with Gasteiger partial charge in [0.15, 0.2) is 11.5 Å². The van der Waals surface area contributed by atoms with Crippen LogP contribution in [-0.4, -0.2) is 45.5 Å². The number of halogens is 9. The Kier molecular flexibility index (Phi) is 10.5. The minimum Gasteiger partial charge on any atom is -0.462 e. The van der Waals surface area contributed by atoms with E-state index in [4.69, 9.17) is 27.9 Å². The molecule has 5 rings (SSSR count). The first-order valence-electron chi connectivity index (χ1n) is 14.5. The first-order chi connectivity index (χ1) is 23.6. The Balaban J connectivity index is 1.63. The monoisotopic (exact) mass is 739 g/mol. The van der Waals surface area contributed by atoms with Crippen LogP contribution in [0.3, 0.4) is 0 Å². The van der Waals surface area contributed by atoms with Gasteiger partial charge in [0.2, 0.25) is 0 Å². The summed E-state index contributed by atoms with van der Waals surface area (Å²) < 4.78 is 105. The van der Waals surface area contributed by atoms with E-state index < -0.39 is 87.4 Å². The van der Waals surface area contributed by atoms with Gasteiger partial charge in [-0.1, -0.05) is 47.5 Å². The standard InChI is InChI=1S/C34H22Cl2F7N3O4/c1-2-50-33(49)23-7-8-27(22-6-4-3-5-21(22)23)46-30(34(41,42)43)24(14-44-46)32(48)45(15-17-9-19(37)13-20(38)10-17)16-28(47)29-25(35)11-18(31(39)40)12-26(29)36/h3-14,31H,2,15-16H2,1H3. The molecule has 260 valence electrons. The molecule has 1 amide bonds. The topological polar surface area (TPSA) is 81.5 Å². The predicted molar refractivity (Wildman–Crippen MR) is 169 cm³/mol. The Morgan fingerprint density at radius 1 is 0.900 bits per heavy atom. The molecule has 4 aromatic carbocycles. The maximum atomic E-state index is 14.9. The maximum Gasteiger partial charge on any atom is 0.434 e. The van der Waals surface area contributed by atoms with Crippen LogP contribution in [0.15, 0.2) is 72.9 Å². The van der Waals surface area contributed by atoms with Crippen molar-refractivity contribution in [2.45, 2.75) is 26.1 Å². The van der Waals surface area contributed by atoms with Crippen LogP contribution in [0, 0.1) is 11.6 Å². The largest absolute Gasteiger partial charge is 0.462 e. The average Bonchev–Trinajstić information content (AvgIpc) is 3.49. The van der Waals surface area contributed by atoms with Crippen LogP contribution in [0.2, 0.25) is 10.0 Å². The summed E-state index contributed by atoms with van der Waals surface area (Å²) in [4.78, 5) is 40.6. The zero-order valence-corrected chi connectivity index (χ0v) is 27.0. The summed E-state index contributed by atoms with van der Waals surface area (Å²) in [5.41, 5.74) is -4.11. The molecule has 50 heavy (non-hydrogen) atoms. The third-order valence-corrected chi connectivity index (χ3v) is 8.00. The molecule has 0 fully saturated rings. The molecule has 0 unspecified atom stereocenters. The van der Waals surface area contributed by atoms with E-state index in [2.05, 4.69) is 5.10 Å². The number of nitrogens with zero attached hydrogens (tertiary/aromatic N) is 3. The van der Waals surface area contributed by atoms with Crippen molar-refractivity contribution in [1.29, 1.82) is 0 Å². The van der Waals surface area contributed by atoms with Gasteiger partial charge >= 0.3 is 12.1 Å². The Morgan fingerprint density at radius 3 is 2.10 bits per heavy atom. The van der Waals surface area contributed by atoms with Crippen molar-refractivity contribution in [2.24, 2.45) is 0 Å². The summed E-state index contributed by atoms with van der Waals surface area (Å²) in [6.07, 6.45) is -7.65. The second-order valence-corrected chi connectivity index (χ2v) is 11.6. The van der Waals surface area contributed by atoms with Gasteiger partial charge in [-0.2, -0.15) is 18.3 Å².